The maximum absolute atomic E-state index is 11.9. The van der Waals surface area contributed by atoms with E-state index in [2.05, 4.69) is 5.10 Å². The highest BCUT2D eigenvalue weighted by atomic mass is 16.3. The first kappa shape index (κ1) is 12.8. The molecule has 0 spiro atoms. The Morgan fingerprint density at radius 3 is 2.50 bits per heavy atom. The predicted octanol–water partition coefficient (Wildman–Crippen LogP) is -1.17. The van der Waals surface area contributed by atoms with Crippen LogP contribution in [-0.4, -0.2) is 38.1 Å². The molecule has 2 heterocycles. The van der Waals surface area contributed by atoms with E-state index in [9.17, 15) is 14.7 Å². The number of hydrogen-bond donors (Lipinski definition) is 1. The summed E-state index contributed by atoms with van der Waals surface area (Å²) in [4.78, 5) is 25.1. The lowest BCUT2D eigenvalue weighted by molar-refractivity contribution is 0.00252. The van der Waals surface area contributed by atoms with Crippen LogP contribution in [0.2, 0.25) is 0 Å². The third-order valence-corrected chi connectivity index (χ3v) is 3.29. The molecule has 0 aliphatic carbocycles. The number of β-amino-alcohol motifs (C(OH)–C–C–N with tert-alkyl or cyclic N) is 1. The van der Waals surface area contributed by atoms with Crippen LogP contribution in [0.5, 0.6) is 0 Å². The number of aliphatic hydroxyl groups is 1. The Kier molecular flexibility index (Phi) is 3.02. The molecule has 0 aromatic carbocycles. The van der Waals surface area contributed by atoms with Gasteiger partial charge in [0.05, 0.1) is 18.7 Å². The normalized spacial score (nSPS) is 17.7. The quantitative estimate of drug-likeness (QED) is 0.735. The van der Waals surface area contributed by atoms with Crippen LogP contribution < -0.4 is 16.1 Å². The van der Waals surface area contributed by atoms with Crippen LogP contribution in [0.4, 0.5) is 5.82 Å². The average Bonchev–Trinajstić information content (AvgIpc) is 2.28. The second-order valence-electron chi connectivity index (χ2n) is 4.92. The Balaban J connectivity index is 2.28. The number of hydrogen-bond acceptors (Lipinski definition) is 5. The standard InChI is InChI=1S/C11H18N4O3/c1-4-5-11(18)6-15(7-11)8-9(16)13(2)10(17)14(3)12-8/h18H,4-7H2,1-3H3. The first-order valence-electron chi connectivity index (χ1n) is 5.99. The monoisotopic (exact) mass is 254 g/mol. The fraction of sp³-hybridized carbons (Fsp3) is 0.727. The fourth-order valence-corrected chi connectivity index (χ4v) is 2.32. The summed E-state index contributed by atoms with van der Waals surface area (Å²) in [6.45, 7) is 2.78. The van der Waals surface area contributed by atoms with E-state index in [-0.39, 0.29) is 5.82 Å². The Morgan fingerprint density at radius 1 is 1.33 bits per heavy atom. The van der Waals surface area contributed by atoms with Crippen LogP contribution in [0.3, 0.4) is 0 Å². The third-order valence-electron chi connectivity index (χ3n) is 3.29. The highest BCUT2D eigenvalue weighted by molar-refractivity contribution is 5.41. The molecular formula is C11H18N4O3. The van der Waals surface area contributed by atoms with Crippen molar-refractivity contribution in [2.24, 2.45) is 14.1 Å². The molecule has 7 nitrogen and oxygen atoms in total. The van der Waals surface area contributed by atoms with Gasteiger partial charge in [-0.25, -0.2) is 9.48 Å². The van der Waals surface area contributed by atoms with Crippen LogP contribution in [0, 0.1) is 0 Å². The zero-order chi connectivity index (χ0) is 13.5. The van der Waals surface area contributed by atoms with Crippen molar-refractivity contribution in [1.82, 2.24) is 14.3 Å². The topological polar surface area (TPSA) is 80.4 Å². The Hall–Kier alpha value is -1.63. The van der Waals surface area contributed by atoms with Gasteiger partial charge in [0.25, 0.3) is 5.56 Å². The van der Waals surface area contributed by atoms with Crippen molar-refractivity contribution in [3.05, 3.63) is 20.8 Å². The van der Waals surface area contributed by atoms with Crippen molar-refractivity contribution in [3.8, 4) is 0 Å². The van der Waals surface area contributed by atoms with Crippen molar-refractivity contribution in [2.45, 2.75) is 25.4 Å². The second kappa shape index (κ2) is 4.24. The summed E-state index contributed by atoms with van der Waals surface area (Å²) in [5, 5.41) is 14.0. The summed E-state index contributed by atoms with van der Waals surface area (Å²) < 4.78 is 2.16. The van der Waals surface area contributed by atoms with E-state index in [0.717, 1.165) is 15.7 Å². The minimum atomic E-state index is -0.726. The predicted molar refractivity (Wildman–Crippen MR) is 66.8 cm³/mol. The van der Waals surface area contributed by atoms with Gasteiger partial charge in [-0.3, -0.25) is 9.36 Å². The van der Waals surface area contributed by atoms with Gasteiger partial charge < -0.3 is 10.0 Å². The Labute approximate surface area is 104 Å². The van der Waals surface area contributed by atoms with E-state index in [1.165, 1.54) is 14.1 Å². The summed E-state index contributed by atoms with van der Waals surface area (Å²) in [6, 6.07) is 0. The van der Waals surface area contributed by atoms with Crippen LogP contribution in [0.1, 0.15) is 19.8 Å². The third kappa shape index (κ3) is 1.94. The van der Waals surface area contributed by atoms with Crippen LogP contribution >= 0.6 is 0 Å². The number of nitrogens with zero attached hydrogens (tertiary/aromatic N) is 4. The molecule has 1 saturated heterocycles. The minimum absolute atomic E-state index is 0.223. The molecule has 1 fully saturated rings. The molecule has 1 aliphatic rings. The summed E-state index contributed by atoms with van der Waals surface area (Å²) >= 11 is 0. The first-order valence-corrected chi connectivity index (χ1v) is 5.99. The number of anilines is 1. The van der Waals surface area contributed by atoms with Gasteiger partial charge >= 0.3 is 5.69 Å². The highest BCUT2D eigenvalue weighted by Crippen LogP contribution is 2.27. The maximum Gasteiger partial charge on any atom is 0.346 e. The molecule has 18 heavy (non-hydrogen) atoms. The number of aryl methyl sites for hydroxylation is 1. The lowest BCUT2D eigenvalue weighted by atomic mass is 9.89. The molecule has 0 radical (unpaired) electrons. The van der Waals surface area contributed by atoms with Crippen molar-refractivity contribution in [3.63, 3.8) is 0 Å². The lowest BCUT2D eigenvalue weighted by Gasteiger charge is -2.46. The molecule has 7 heteroatoms. The molecular weight excluding hydrogens is 236 g/mol. The van der Waals surface area contributed by atoms with Crippen LogP contribution in [0.15, 0.2) is 9.59 Å². The Morgan fingerprint density at radius 2 is 1.94 bits per heavy atom. The van der Waals surface area contributed by atoms with E-state index in [1.54, 1.807) is 4.90 Å². The van der Waals surface area contributed by atoms with E-state index >= 15 is 0 Å². The van der Waals surface area contributed by atoms with Gasteiger partial charge in [-0.2, -0.15) is 0 Å². The summed E-state index contributed by atoms with van der Waals surface area (Å²) in [6.07, 6.45) is 1.60. The van der Waals surface area contributed by atoms with Gasteiger partial charge in [0.2, 0.25) is 5.82 Å². The van der Waals surface area contributed by atoms with Crippen molar-refractivity contribution < 1.29 is 5.11 Å². The average molecular weight is 254 g/mol. The van der Waals surface area contributed by atoms with Gasteiger partial charge in [-0.15, -0.1) is 5.10 Å². The first-order chi connectivity index (χ1) is 8.38. The van der Waals surface area contributed by atoms with Crippen LogP contribution in [-0.2, 0) is 14.1 Å². The summed E-state index contributed by atoms with van der Waals surface area (Å²) in [5.41, 5.74) is -1.60. The van der Waals surface area contributed by atoms with Gasteiger partial charge in [-0.1, -0.05) is 13.3 Å². The van der Waals surface area contributed by atoms with Crippen molar-refractivity contribution in [1.29, 1.82) is 0 Å². The molecule has 0 unspecified atom stereocenters. The van der Waals surface area contributed by atoms with Crippen molar-refractivity contribution >= 4 is 5.82 Å². The molecule has 1 aromatic rings. The molecule has 1 aliphatic heterocycles. The molecule has 2 rings (SSSR count). The molecule has 0 atom stereocenters. The minimum Gasteiger partial charge on any atom is -0.386 e. The summed E-state index contributed by atoms with van der Waals surface area (Å²) in [7, 11) is 2.93. The number of aromatic nitrogens is 3. The van der Waals surface area contributed by atoms with E-state index < -0.39 is 16.9 Å². The van der Waals surface area contributed by atoms with Gasteiger partial charge in [0.1, 0.15) is 0 Å². The zero-order valence-electron chi connectivity index (χ0n) is 10.9. The van der Waals surface area contributed by atoms with Gasteiger partial charge in [0.15, 0.2) is 0 Å². The number of rotatable bonds is 3. The summed E-state index contributed by atoms with van der Waals surface area (Å²) in [5.74, 6) is 0.223. The maximum atomic E-state index is 11.9. The lowest BCUT2D eigenvalue weighted by Crippen LogP contribution is -2.64. The molecule has 0 saturated carbocycles. The smallest absolute Gasteiger partial charge is 0.346 e. The molecule has 0 amide bonds. The SMILES string of the molecule is CCCC1(O)CN(c2nn(C)c(=O)n(C)c2=O)C1. The van der Waals surface area contributed by atoms with Gasteiger partial charge in [-0.05, 0) is 6.42 Å². The Bertz CT molecular complexity index is 569. The highest BCUT2D eigenvalue weighted by Gasteiger charge is 2.42. The molecule has 0 bridgehead atoms. The van der Waals surface area contributed by atoms with E-state index in [1.807, 2.05) is 6.92 Å². The molecule has 100 valence electrons. The largest absolute Gasteiger partial charge is 0.386 e. The van der Waals surface area contributed by atoms with E-state index in [0.29, 0.717) is 19.5 Å². The molecule has 1 N–H and O–H groups in total. The molecule has 1 aromatic heterocycles. The van der Waals surface area contributed by atoms with E-state index in [4.69, 9.17) is 0 Å². The fourth-order valence-electron chi connectivity index (χ4n) is 2.32. The van der Waals surface area contributed by atoms with Gasteiger partial charge in [0, 0.05) is 14.1 Å². The van der Waals surface area contributed by atoms with Crippen molar-refractivity contribution in [2.75, 3.05) is 18.0 Å². The van der Waals surface area contributed by atoms with Crippen LogP contribution in [0.25, 0.3) is 0 Å². The second-order valence-corrected chi connectivity index (χ2v) is 4.92. The zero-order valence-corrected chi connectivity index (χ0v) is 10.9.